The van der Waals surface area contributed by atoms with Crippen LogP contribution < -0.4 is 10.1 Å². The number of ether oxygens (including phenoxy) is 1. The molecule has 3 heterocycles. The Morgan fingerprint density at radius 2 is 2.09 bits per heavy atom. The number of hydrogen-bond donors (Lipinski definition) is 4. The molecule has 2 amide bonds. The highest BCUT2D eigenvalue weighted by Crippen LogP contribution is 2.32. The van der Waals surface area contributed by atoms with E-state index in [1.54, 1.807) is 44.1 Å². The molecule has 1 aliphatic heterocycles. The molecule has 1 saturated heterocycles. The number of aliphatic hydroxyl groups excluding tert-OH is 1. The number of hydrogen-bond acceptors (Lipinski definition) is 6. The van der Waals surface area contributed by atoms with E-state index in [4.69, 9.17) is 14.6 Å². The van der Waals surface area contributed by atoms with Gasteiger partial charge in [-0.15, -0.1) is 0 Å². The Balaban J connectivity index is 1.63. The Morgan fingerprint density at radius 1 is 1.33 bits per heavy atom. The summed E-state index contributed by atoms with van der Waals surface area (Å²) in [5.74, 6) is 0.574. The molecule has 1 aliphatic rings. The van der Waals surface area contributed by atoms with E-state index >= 15 is 0 Å². The number of aromatic nitrogens is 1. The van der Waals surface area contributed by atoms with Crippen LogP contribution in [-0.2, 0) is 0 Å². The number of aromatic amines is 1. The van der Waals surface area contributed by atoms with Gasteiger partial charge in [0, 0.05) is 49.1 Å². The van der Waals surface area contributed by atoms with Crippen LogP contribution in [0.1, 0.15) is 44.7 Å². The van der Waals surface area contributed by atoms with E-state index in [9.17, 15) is 14.7 Å². The molecule has 2 aromatic heterocycles. The third kappa shape index (κ3) is 3.80. The number of carbonyl (C=O) groups is 2. The fourth-order valence-corrected chi connectivity index (χ4v) is 3.96. The molecule has 2 unspecified atom stereocenters. The first-order chi connectivity index (χ1) is 15.8. The minimum absolute atomic E-state index is 0.170. The number of carbonyl (C=O) groups excluding carboxylic acids is 2. The van der Waals surface area contributed by atoms with Gasteiger partial charge in [0.25, 0.3) is 11.8 Å². The number of nitrogens with zero attached hydrogens (tertiary/aromatic N) is 1. The molecule has 3 aromatic rings. The maximum atomic E-state index is 12.9. The second kappa shape index (κ2) is 8.59. The predicted molar refractivity (Wildman–Crippen MR) is 124 cm³/mol. The normalized spacial score (nSPS) is 18.2. The molecule has 0 saturated carbocycles. The van der Waals surface area contributed by atoms with Gasteiger partial charge in [-0.3, -0.25) is 9.59 Å². The van der Waals surface area contributed by atoms with Crippen LogP contribution in [0.3, 0.4) is 0 Å². The molecule has 0 radical (unpaired) electrons. The number of aryl methyl sites for hydroxylation is 1. The highest BCUT2D eigenvalue weighted by atomic mass is 16.5. The monoisotopic (exact) mass is 450 g/mol. The molecule has 33 heavy (non-hydrogen) atoms. The largest absolute Gasteiger partial charge is 0.455 e. The second-order valence-electron chi connectivity index (χ2n) is 8.06. The lowest BCUT2D eigenvalue weighted by atomic mass is 9.99. The second-order valence-corrected chi connectivity index (χ2v) is 8.06. The zero-order chi connectivity index (χ0) is 23.9. The van der Waals surface area contributed by atoms with Gasteiger partial charge >= 0.3 is 0 Å². The van der Waals surface area contributed by atoms with E-state index in [2.05, 4.69) is 10.3 Å². The minimum Gasteiger partial charge on any atom is -0.455 e. The van der Waals surface area contributed by atoms with Crippen molar-refractivity contribution in [3.63, 3.8) is 0 Å². The predicted octanol–water partition coefficient (Wildman–Crippen LogP) is 3.01. The van der Waals surface area contributed by atoms with Crippen LogP contribution >= 0.6 is 0 Å². The summed E-state index contributed by atoms with van der Waals surface area (Å²) >= 11 is 0. The van der Waals surface area contributed by atoms with Crippen LogP contribution in [-0.4, -0.2) is 58.8 Å². The number of H-pyrrole nitrogens is 1. The van der Waals surface area contributed by atoms with Crippen LogP contribution in [0.15, 0.2) is 34.9 Å². The zero-order valence-electron chi connectivity index (χ0n) is 18.9. The molecule has 172 valence electrons. The van der Waals surface area contributed by atoms with Crippen molar-refractivity contribution in [2.24, 2.45) is 0 Å². The number of aliphatic hydroxyl groups is 1. The Labute approximate surface area is 190 Å². The molecular formula is C24H26N4O5. The molecule has 4 N–H and O–H groups in total. The summed E-state index contributed by atoms with van der Waals surface area (Å²) < 4.78 is 11.8. The summed E-state index contributed by atoms with van der Waals surface area (Å²) in [6.07, 6.45) is 3.69. The lowest BCUT2D eigenvalue weighted by Crippen LogP contribution is -2.60. The number of allylic oxidation sites excluding steroid dienone is 1. The van der Waals surface area contributed by atoms with Crippen molar-refractivity contribution in [1.29, 1.82) is 5.41 Å². The van der Waals surface area contributed by atoms with Gasteiger partial charge in [-0.1, -0.05) is 0 Å². The molecule has 1 fully saturated rings. The number of nitrogens with one attached hydrogen (secondary N) is 3. The van der Waals surface area contributed by atoms with Gasteiger partial charge in [-0.05, 0) is 38.5 Å². The van der Waals surface area contributed by atoms with E-state index in [-0.39, 0.29) is 23.6 Å². The molecule has 9 nitrogen and oxygen atoms in total. The summed E-state index contributed by atoms with van der Waals surface area (Å²) in [7, 11) is 1.54. The standard InChI is InChI=1S/C24H26N4O5/c1-12-17(24(31)28-11-18(29)14(28)3)10-27-21(12)19(7-8-25)32-15-5-6-16-13(2)22(23(30)26-4)33-20(16)9-15/h5-10,14,18,25,27,29H,11H2,1-4H3,(H,26,30)/b19-7+,25-8?. The van der Waals surface area contributed by atoms with E-state index in [0.717, 1.165) is 17.2 Å². The minimum atomic E-state index is -0.506. The SMILES string of the molecule is CNC(=O)c1oc2cc(O/C(=C/C=N)c3[nH]cc(C(=O)N4CC(O)C4C)c3C)ccc2c1C. The lowest BCUT2D eigenvalue weighted by molar-refractivity contribution is -0.0357. The van der Waals surface area contributed by atoms with Crippen LogP contribution in [0.5, 0.6) is 5.75 Å². The van der Waals surface area contributed by atoms with E-state index < -0.39 is 6.10 Å². The summed E-state index contributed by atoms with van der Waals surface area (Å²) in [6.45, 7) is 5.73. The van der Waals surface area contributed by atoms with Gasteiger partial charge in [0.15, 0.2) is 11.5 Å². The van der Waals surface area contributed by atoms with Crippen LogP contribution in [0.2, 0.25) is 0 Å². The van der Waals surface area contributed by atoms with Crippen molar-refractivity contribution in [2.75, 3.05) is 13.6 Å². The van der Waals surface area contributed by atoms with Gasteiger partial charge < -0.3 is 34.9 Å². The molecular weight excluding hydrogens is 424 g/mol. The van der Waals surface area contributed by atoms with Crippen molar-refractivity contribution >= 4 is 34.8 Å². The first-order valence-corrected chi connectivity index (χ1v) is 10.6. The number of furan rings is 1. The summed E-state index contributed by atoms with van der Waals surface area (Å²) in [6, 6.07) is 5.01. The smallest absolute Gasteiger partial charge is 0.287 e. The van der Waals surface area contributed by atoms with Crippen LogP contribution in [0, 0.1) is 19.3 Å². The third-order valence-electron chi connectivity index (χ3n) is 6.12. The number of β-amino-alcohol motifs (C(OH)–C–C–N with tert-alkyl or cyclic N) is 1. The highest BCUT2D eigenvalue weighted by Gasteiger charge is 2.38. The quantitative estimate of drug-likeness (QED) is 0.339. The van der Waals surface area contributed by atoms with Gasteiger partial charge in [-0.25, -0.2) is 0 Å². The summed E-state index contributed by atoms with van der Waals surface area (Å²) in [4.78, 5) is 29.6. The van der Waals surface area contributed by atoms with Gasteiger partial charge in [-0.2, -0.15) is 0 Å². The third-order valence-corrected chi connectivity index (χ3v) is 6.12. The number of amides is 2. The fourth-order valence-electron chi connectivity index (χ4n) is 3.96. The van der Waals surface area contributed by atoms with Crippen LogP contribution in [0.25, 0.3) is 16.7 Å². The fraction of sp³-hybridized carbons (Fsp3) is 0.292. The van der Waals surface area contributed by atoms with E-state index in [0.29, 0.717) is 40.5 Å². The van der Waals surface area contributed by atoms with Gasteiger partial charge in [0.1, 0.15) is 11.3 Å². The maximum Gasteiger partial charge on any atom is 0.287 e. The van der Waals surface area contributed by atoms with Crippen molar-refractivity contribution in [2.45, 2.75) is 32.9 Å². The Kier molecular flexibility index (Phi) is 5.82. The zero-order valence-corrected chi connectivity index (χ0v) is 18.9. The molecule has 0 bridgehead atoms. The van der Waals surface area contributed by atoms with Crippen molar-refractivity contribution in [1.82, 2.24) is 15.2 Å². The molecule has 0 aliphatic carbocycles. The molecule has 2 atom stereocenters. The van der Waals surface area contributed by atoms with Crippen molar-refractivity contribution in [3.05, 3.63) is 58.6 Å². The summed E-state index contributed by atoms with van der Waals surface area (Å²) in [5, 5.41) is 20.6. The number of benzene rings is 1. The highest BCUT2D eigenvalue weighted by molar-refractivity contribution is 5.99. The Bertz CT molecular complexity index is 1290. The van der Waals surface area contributed by atoms with E-state index in [1.807, 2.05) is 13.0 Å². The molecule has 4 rings (SSSR count). The van der Waals surface area contributed by atoms with E-state index in [1.165, 1.54) is 6.08 Å². The average Bonchev–Trinajstić information content (AvgIpc) is 3.35. The average molecular weight is 450 g/mol. The van der Waals surface area contributed by atoms with Gasteiger partial charge in [0.2, 0.25) is 0 Å². The maximum absolute atomic E-state index is 12.9. The Hall–Kier alpha value is -3.85. The van der Waals surface area contributed by atoms with Crippen molar-refractivity contribution in [3.8, 4) is 5.75 Å². The Morgan fingerprint density at radius 3 is 2.73 bits per heavy atom. The number of fused-ring (bicyclic) bond motifs is 1. The summed E-state index contributed by atoms with van der Waals surface area (Å²) in [5.41, 5.74) is 2.97. The van der Waals surface area contributed by atoms with Gasteiger partial charge in [0.05, 0.1) is 23.4 Å². The molecule has 0 spiro atoms. The lowest BCUT2D eigenvalue weighted by Gasteiger charge is -2.43. The number of rotatable bonds is 6. The first kappa shape index (κ1) is 22.3. The van der Waals surface area contributed by atoms with Crippen LogP contribution in [0.4, 0.5) is 0 Å². The molecule has 9 heteroatoms. The topological polar surface area (TPSA) is 132 Å². The first-order valence-electron chi connectivity index (χ1n) is 10.6. The number of likely N-dealkylation sites (tertiary alicyclic amines) is 1. The van der Waals surface area contributed by atoms with Crippen molar-refractivity contribution < 1.29 is 23.8 Å². The molecule has 1 aromatic carbocycles.